The Labute approximate surface area is 128 Å². The van der Waals surface area contributed by atoms with Gasteiger partial charge in [-0.15, -0.1) is 0 Å². The lowest BCUT2D eigenvalue weighted by Gasteiger charge is -2.23. The summed E-state index contributed by atoms with van der Waals surface area (Å²) in [7, 11) is 1.59. The van der Waals surface area contributed by atoms with Crippen LogP contribution in [-0.4, -0.2) is 37.1 Å². The second-order valence-corrected chi connectivity index (χ2v) is 5.77. The van der Waals surface area contributed by atoms with Crippen LogP contribution in [0.3, 0.4) is 0 Å². The van der Waals surface area contributed by atoms with Crippen LogP contribution in [0.2, 0.25) is 0 Å². The maximum atomic E-state index is 12.5. The van der Waals surface area contributed by atoms with Gasteiger partial charge in [-0.25, -0.2) is 0 Å². The molecule has 118 valence electrons. The maximum absolute atomic E-state index is 12.5. The number of hydrogen-bond acceptors (Lipinski definition) is 3. The highest BCUT2D eigenvalue weighted by Crippen LogP contribution is 2.29. The topological polar surface area (TPSA) is 38.8 Å². The molecule has 0 aliphatic rings. The molecule has 0 spiro atoms. The number of hydrogen-bond donors (Lipinski definition) is 0. The Morgan fingerprint density at radius 1 is 1.19 bits per heavy atom. The second kappa shape index (κ2) is 7.91. The molecule has 0 bridgehead atoms. The van der Waals surface area contributed by atoms with E-state index >= 15 is 0 Å². The molecule has 1 rings (SSSR count). The van der Waals surface area contributed by atoms with Gasteiger partial charge in [-0.1, -0.05) is 13.8 Å². The first-order chi connectivity index (χ1) is 9.88. The smallest absolute Gasteiger partial charge is 0.253 e. The lowest BCUT2D eigenvalue weighted by Crippen LogP contribution is -2.34. The average Bonchev–Trinajstić information content (AvgIpc) is 2.43. The van der Waals surface area contributed by atoms with E-state index in [2.05, 4.69) is 13.8 Å². The fourth-order valence-corrected chi connectivity index (χ4v) is 2.13. The van der Waals surface area contributed by atoms with Crippen LogP contribution in [0.15, 0.2) is 18.2 Å². The summed E-state index contributed by atoms with van der Waals surface area (Å²) < 4.78 is 11.0. The van der Waals surface area contributed by atoms with Crippen LogP contribution in [0.4, 0.5) is 0 Å². The van der Waals surface area contributed by atoms with Gasteiger partial charge in [0.15, 0.2) is 11.5 Å². The van der Waals surface area contributed by atoms with Crippen molar-refractivity contribution in [2.24, 2.45) is 5.92 Å². The quantitative estimate of drug-likeness (QED) is 0.771. The van der Waals surface area contributed by atoms with E-state index in [0.717, 1.165) is 6.54 Å². The Morgan fingerprint density at radius 3 is 2.33 bits per heavy atom. The largest absolute Gasteiger partial charge is 0.493 e. The van der Waals surface area contributed by atoms with Crippen LogP contribution in [0.25, 0.3) is 0 Å². The van der Waals surface area contributed by atoms with Gasteiger partial charge in [0.25, 0.3) is 5.91 Å². The van der Waals surface area contributed by atoms with Crippen LogP contribution in [0.1, 0.15) is 45.0 Å². The predicted molar refractivity (Wildman–Crippen MR) is 85.2 cm³/mol. The predicted octanol–water partition coefficient (Wildman–Crippen LogP) is 3.60. The van der Waals surface area contributed by atoms with Crippen LogP contribution < -0.4 is 9.47 Å². The van der Waals surface area contributed by atoms with Gasteiger partial charge in [-0.05, 0) is 44.9 Å². The van der Waals surface area contributed by atoms with Gasteiger partial charge < -0.3 is 14.4 Å². The third kappa shape index (κ3) is 4.96. The molecule has 4 heteroatoms. The van der Waals surface area contributed by atoms with Crippen molar-refractivity contribution in [2.45, 2.75) is 40.7 Å². The van der Waals surface area contributed by atoms with E-state index in [1.165, 1.54) is 0 Å². The molecule has 1 aromatic rings. The molecule has 0 saturated heterocycles. The number of ether oxygens (including phenoxy) is 2. The van der Waals surface area contributed by atoms with Gasteiger partial charge in [0.1, 0.15) is 0 Å². The maximum Gasteiger partial charge on any atom is 0.253 e. The van der Waals surface area contributed by atoms with Gasteiger partial charge >= 0.3 is 0 Å². The van der Waals surface area contributed by atoms with Gasteiger partial charge in [0, 0.05) is 18.7 Å². The highest BCUT2D eigenvalue weighted by Gasteiger charge is 2.17. The first-order valence-corrected chi connectivity index (χ1v) is 7.53. The third-order valence-electron chi connectivity index (χ3n) is 3.03. The molecule has 0 aromatic heterocycles. The minimum atomic E-state index is 0.0283. The van der Waals surface area contributed by atoms with E-state index in [9.17, 15) is 4.79 Å². The highest BCUT2D eigenvalue weighted by atomic mass is 16.5. The molecular weight excluding hydrogens is 266 g/mol. The van der Waals surface area contributed by atoms with Crippen molar-refractivity contribution in [3.05, 3.63) is 23.8 Å². The molecule has 0 fully saturated rings. The molecule has 0 heterocycles. The van der Waals surface area contributed by atoms with Crippen molar-refractivity contribution in [1.82, 2.24) is 4.90 Å². The van der Waals surface area contributed by atoms with Gasteiger partial charge in [0.05, 0.1) is 13.2 Å². The van der Waals surface area contributed by atoms with Crippen molar-refractivity contribution >= 4 is 5.91 Å². The average molecular weight is 293 g/mol. The molecule has 0 N–H and O–H groups in total. The van der Waals surface area contributed by atoms with Crippen molar-refractivity contribution in [1.29, 1.82) is 0 Å². The number of nitrogens with zero attached hydrogens (tertiary/aromatic N) is 1. The zero-order valence-electron chi connectivity index (χ0n) is 14.0. The lowest BCUT2D eigenvalue weighted by molar-refractivity contribution is 0.0745. The van der Waals surface area contributed by atoms with E-state index in [4.69, 9.17) is 9.47 Å². The summed E-state index contributed by atoms with van der Waals surface area (Å²) in [5.74, 6) is 1.73. The van der Waals surface area contributed by atoms with Crippen LogP contribution in [0, 0.1) is 5.92 Å². The second-order valence-electron chi connectivity index (χ2n) is 5.77. The Hall–Kier alpha value is -1.71. The van der Waals surface area contributed by atoms with E-state index in [0.29, 0.717) is 29.5 Å². The molecular formula is C17H27NO3. The Balaban J connectivity index is 2.99. The molecule has 0 atom stereocenters. The van der Waals surface area contributed by atoms with E-state index < -0.39 is 0 Å². The molecule has 0 aliphatic carbocycles. The minimum absolute atomic E-state index is 0.0283. The Kier molecular flexibility index (Phi) is 6.53. The number of carbonyl (C=O) groups is 1. The molecule has 21 heavy (non-hydrogen) atoms. The molecule has 0 radical (unpaired) electrons. The Morgan fingerprint density at radius 2 is 1.86 bits per heavy atom. The molecule has 0 aliphatic heterocycles. The van der Waals surface area contributed by atoms with E-state index in [1.54, 1.807) is 25.3 Å². The summed E-state index contributed by atoms with van der Waals surface area (Å²) in [6, 6.07) is 5.35. The lowest BCUT2D eigenvalue weighted by atomic mass is 10.1. The first kappa shape index (κ1) is 17.3. The molecule has 0 unspecified atom stereocenters. The first-order valence-electron chi connectivity index (χ1n) is 7.53. The number of rotatable bonds is 7. The van der Waals surface area contributed by atoms with Crippen LogP contribution in [-0.2, 0) is 0 Å². The summed E-state index contributed by atoms with van der Waals surface area (Å²) in [4.78, 5) is 14.4. The van der Waals surface area contributed by atoms with Crippen molar-refractivity contribution in [2.75, 3.05) is 20.2 Å². The minimum Gasteiger partial charge on any atom is -0.493 e. The fraction of sp³-hybridized carbons (Fsp3) is 0.588. The van der Waals surface area contributed by atoms with Crippen molar-refractivity contribution in [3.63, 3.8) is 0 Å². The summed E-state index contributed by atoms with van der Waals surface area (Å²) in [6.07, 6.45) is 0.0635. The van der Waals surface area contributed by atoms with Gasteiger partial charge in [0.2, 0.25) is 0 Å². The number of benzene rings is 1. The normalized spacial score (nSPS) is 10.9. The molecule has 1 aromatic carbocycles. The molecule has 1 amide bonds. The Bertz CT molecular complexity index is 469. The van der Waals surface area contributed by atoms with Crippen molar-refractivity contribution in [3.8, 4) is 11.5 Å². The summed E-state index contributed by atoms with van der Waals surface area (Å²) >= 11 is 0. The third-order valence-corrected chi connectivity index (χ3v) is 3.03. The number of methoxy groups -OCH3 is 1. The number of carbonyl (C=O) groups excluding carboxylic acids is 1. The zero-order chi connectivity index (χ0) is 16.0. The van der Waals surface area contributed by atoms with Gasteiger partial charge in [-0.2, -0.15) is 0 Å². The molecule has 4 nitrogen and oxygen atoms in total. The zero-order valence-corrected chi connectivity index (χ0v) is 14.0. The summed E-state index contributed by atoms with van der Waals surface area (Å²) in [6.45, 7) is 11.6. The van der Waals surface area contributed by atoms with E-state index in [1.807, 2.05) is 25.7 Å². The monoisotopic (exact) mass is 293 g/mol. The van der Waals surface area contributed by atoms with Crippen LogP contribution >= 0.6 is 0 Å². The van der Waals surface area contributed by atoms with Gasteiger partial charge in [-0.3, -0.25) is 4.79 Å². The van der Waals surface area contributed by atoms with Crippen LogP contribution in [0.5, 0.6) is 11.5 Å². The summed E-state index contributed by atoms with van der Waals surface area (Å²) in [5.41, 5.74) is 0.630. The standard InChI is InChI=1S/C17H27NO3/c1-7-18(11-12(2)3)17(19)14-8-9-15(21-13(4)5)16(10-14)20-6/h8-10,12-13H,7,11H2,1-6H3. The summed E-state index contributed by atoms with van der Waals surface area (Å²) in [5, 5.41) is 0. The van der Waals surface area contributed by atoms with Crippen molar-refractivity contribution < 1.29 is 14.3 Å². The SMILES string of the molecule is CCN(CC(C)C)C(=O)c1ccc(OC(C)C)c(OC)c1. The molecule has 0 saturated carbocycles. The highest BCUT2D eigenvalue weighted by molar-refractivity contribution is 5.95. The number of amides is 1. The van der Waals surface area contributed by atoms with E-state index in [-0.39, 0.29) is 12.0 Å². The fourth-order valence-electron chi connectivity index (χ4n) is 2.13.